The van der Waals surface area contributed by atoms with Crippen molar-refractivity contribution in [2.24, 2.45) is 0 Å². The van der Waals surface area contributed by atoms with Crippen molar-refractivity contribution in [3.8, 4) is 0 Å². The van der Waals surface area contributed by atoms with E-state index in [0.717, 1.165) is 33.7 Å². The molecule has 0 aromatic heterocycles. The van der Waals surface area contributed by atoms with Crippen LogP contribution in [0.15, 0.2) is 93.8 Å². The summed E-state index contributed by atoms with van der Waals surface area (Å²) in [6.07, 6.45) is 17.0. The molecule has 0 bridgehead atoms. The maximum absolute atomic E-state index is 17.1. The van der Waals surface area contributed by atoms with Crippen LogP contribution in [0.1, 0.15) is 48.9 Å². The van der Waals surface area contributed by atoms with Crippen LogP contribution in [0.2, 0.25) is 0 Å². The van der Waals surface area contributed by atoms with Crippen LogP contribution in [-0.4, -0.2) is 36.0 Å². The standard InChI is InChI=1S/2C12H12F2N.2C5H5.Ti/c2*1-2-6-15-7-5-12(15)10-4-3-9(13)8-11(10)14;2*1-2-4-5-3-1;/h2*2-4,12H,1,5-7H2;2*1-3H,4H2;. The van der Waals surface area contributed by atoms with Crippen LogP contribution in [0.3, 0.4) is 0 Å². The molecule has 2 aliphatic heterocycles. The van der Waals surface area contributed by atoms with Crippen molar-refractivity contribution in [3.05, 3.63) is 128 Å². The summed E-state index contributed by atoms with van der Waals surface area (Å²) in [6, 6.07) is 5.16. The van der Waals surface area contributed by atoms with Crippen molar-refractivity contribution in [1.82, 2.24) is 9.80 Å². The number of hydrogen-bond acceptors (Lipinski definition) is 2. The molecule has 0 N–H and O–H groups in total. The fourth-order valence-corrected chi connectivity index (χ4v) is 15.4. The molecule has 0 amide bonds. The summed E-state index contributed by atoms with van der Waals surface area (Å²) in [6.45, 7) is 10.4. The molecule has 7 heteroatoms. The molecule has 6 rings (SSSR count). The van der Waals surface area contributed by atoms with Crippen LogP contribution < -0.4 is 7.74 Å². The molecule has 2 atom stereocenters. The van der Waals surface area contributed by atoms with Crippen molar-refractivity contribution >= 4 is 7.74 Å². The van der Waals surface area contributed by atoms with E-state index >= 15 is 17.6 Å². The molecule has 0 spiro atoms. The molecular formula is C34H34F4N2Ti. The van der Waals surface area contributed by atoms with Gasteiger partial charge in [0.05, 0.1) is 0 Å². The Morgan fingerprint density at radius 1 is 0.707 bits per heavy atom. The van der Waals surface area contributed by atoms with Crippen molar-refractivity contribution in [2.75, 3.05) is 26.2 Å². The third kappa shape index (κ3) is 4.51. The van der Waals surface area contributed by atoms with E-state index < -0.39 is 39.9 Å². The molecule has 212 valence electrons. The van der Waals surface area contributed by atoms with E-state index in [1.54, 1.807) is 12.2 Å². The molecular weight excluding hydrogens is 560 g/mol. The molecule has 0 radical (unpaired) electrons. The number of rotatable bonds is 10. The van der Waals surface area contributed by atoms with Crippen LogP contribution in [0.25, 0.3) is 0 Å². The fraction of sp³-hybridized carbons (Fsp3) is 0.294. The summed E-state index contributed by atoms with van der Waals surface area (Å²) in [5, 5.41) is 0. The van der Waals surface area contributed by atoms with Crippen molar-refractivity contribution in [2.45, 2.75) is 37.8 Å². The quantitative estimate of drug-likeness (QED) is 0.168. The molecule has 2 aliphatic carbocycles. The van der Waals surface area contributed by atoms with Gasteiger partial charge in [0.15, 0.2) is 0 Å². The average Bonchev–Trinajstić information content (AvgIpc) is 3.67. The summed E-state index contributed by atoms with van der Waals surface area (Å²) >= 11 is -4.84. The first-order valence-corrected chi connectivity index (χ1v) is 17.4. The third-order valence-electron chi connectivity index (χ3n) is 9.20. The fourth-order valence-electron chi connectivity index (χ4n) is 7.12. The second kappa shape index (κ2) is 11.5. The van der Waals surface area contributed by atoms with E-state index in [4.69, 9.17) is 0 Å². The minimum absolute atomic E-state index is 0.121. The zero-order valence-electron chi connectivity index (χ0n) is 23.1. The second-order valence-corrected chi connectivity index (χ2v) is 17.1. The number of nitrogens with zero attached hydrogens (tertiary/aromatic N) is 2. The second-order valence-electron chi connectivity index (χ2n) is 11.2. The first kappa shape index (κ1) is 28.4. The van der Waals surface area contributed by atoms with Crippen LogP contribution in [0, 0.1) is 23.3 Å². The Hall–Kier alpha value is -2.77. The van der Waals surface area contributed by atoms with E-state index in [9.17, 15) is 0 Å². The topological polar surface area (TPSA) is 6.48 Å². The molecule has 0 saturated carbocycles. The summed E-state index contributed by atoms with van der Waals surface area (Å²) in [7, 11) is 0. The summed E-state index contributed by atoms with van der Waals surface area (Å²) < 4.78 is 68.0. The minimum atomic E-state index is -4.84. The Kier molecular flexibility index (Phi) is 7.95. The first-order chi connectivity index (χ1) is 19.9. The van der Waals surface area contributed by atoms with Gasteiger partial charge >= 0.3 is 244 Å². The Morgan fingerprint density at radius 3 is 1.46 bits per heavy atom. The zero-order valence-corrected chi connectivity index (χ0v) is 24.6. The van der Waals surface area contributed by atoms with E-state index in [1.165, 1.54) is 24.3 Å². The molecule has 41 heavy (non-hydrogen) atoms. The molecule has 4 aliphatic rings. The summed E-state index contributed by atoms with van der Waals surface area (Å²) in [4.78, 5) is 4.17. The van der Waals surface area contributed by atoms with Gasteiger partial charge in [-0.3, -0.25) is 0 Å². The average molecular weight is 595 g/mol. The molecule has 2 heterocycles. The molecule has 2 nitrogen and oxygen atoms in total. The van der Waals surface area contributed by atoms with Gasteiger partial charge in [-0.15, -0.1) is 0 Å². The van der Waals surface area contributed by atoms with Crippen molar-refractivity contribution in [1.29, 1.82) is 0 Å². The van der Waals surface area contributed by atoms with Crippen LogP contribution in [0.5, 0.6) is 0 Å². The van der Waals surface area contributed by atoms with Crippen molar-refractivity contribution < 1.29 is 34.2 Å². The SMILES string of the molecule is C=CCN1CCC1c1ccc(F)[c]([Ti]([C]2=CC=CC2)([C]2=CC=CC2)[c]2c(F)ccc(C3CCN3CC=C)c2F)c1F. The van der Waals surface area contributed by atoms with Gasteiger partial charge in [0.1, 0.15) is 0 Å². The normalized spacial score (nSPS) is 22.3. The number of allylic oxidation sites excluding steroid dienone is 8. The van der Waals surface area contributed by atoms with Gasteiger partial charge in [0.25, 0.3) is 0 Å². The molecule has 2 aromatic carbocycles. The summed E-state index contributed by atoms with van der Waals surface area (Å²) in [5.41, 5.74) is 0.770. The molecule has 2 unspecified atom stereocenters. The van der Waals surface area contributed by atoms with E-state index in [-0.39, 0.29) is 19.8 Å². The predicted octanol–water partition coefficient (Wildman–Crippen LogP) is 6.90. The van der Waals surface area contributed by atoms with Gasteiger partial charge in [-0.05, 0) is 0 Å². The number of likely N-dealkylation sites (tertiary alicyclic amines) is 2. The predicted molar refractivity (Wildman–Crippen MR) is 154 cm³/mol. The summed E-state index contributed by atoms with van der Waals surface area (Å²) in [5.74, 6) is -2.79. The Labute approximate surface area is 243 Å². The van der Waals surface area contributed by atoms with Crippen LogP contribution in [0.4, 0.5) is 17.6 Å². The van der Waals surface area contributed by atoms with Gasteiger partial charge in [-0.1, -0.05) is 0 Å². The Morgan fingerprint density at radius 2 is 1.15 bits per heavy atom. The van der Waals surface area contributed by atoms with Gasteiger partial charge < -0.3 is 0 Å². The maximum atomic E-state index is 17.1. The van der Waals surface area contributed by atoms with E-state index in [0.29, 0.717) is 37.1 Å². The Bertz CT molecular complexity index is 1410. The monoisotopic (exact) mass is 594 g/mol. The third-order valence-corrected chi connectivity index (χ3v) is 17.1. The molecule has 2 aromatic rings. The van der Waals surface area contributed by atoms with E-state index in [1.807, 2.05) is 36.5 Å². The zero-order chi connectivity index (χ0) is 28.7. The van der Waals surface area contributed by atoms with Crippen molar-refractivity contribution in [3.63, 3.8) is 0 Å². The Balaban J connectivity index is 1.64. The first-order valence-electron chi connectivity index (χ1n) is 14.3. The van der Waals surface area contributed by atoms with Gasteiger partial charge in [-0.25, -0.2) is 0 Å². The van der Waals surface area contributed by atoms with Gasteiger partial charge in [-0.2, -0.15) is 0 Å². The van der Waals surface area contributed by atoms with Crippen LogP contribution in [-0.2, 0) is 16.6 Å². The molecule has 2 saturated heterocycles. The van der Waals surface area contributed by atoms with Crippen LogP contribution >= 0.6 is 0 Å². The molecule has 2 fully saturated rings. The van der Waals surface area contributed by atoms with E-state index in [2.05, 4.69) is 23.0 Å². The number of hydrogen-bond donors (Lipinski definition) is 0. The van der Waals surface area contributed by atoms with Gasteiger partial charge in [0, 0.05) is 0 Å². The number of benzene rings is 2. The number of halogens is 4. The van der Waals surface area contributed by atoms with Gasteiger partial charge in [0.2, 0.25) is 0 Å².